The van der Waals surface area contributed by atoms with E-state index in [4.69, 9.17) is 0 Å². The lowest BCUT2D eigenvalue weighted by Crippen LogP contribution is -2.31. The van der Waals surface area contributed by atoms with E-state index >= 15 is 0 Å². The quantitative estimate of drug-likeness (QED) is 0.734. The number of amides is 2. The predicted octanol–water partition coefficient (Wildman–Crippen LogP) is 0.912. The second kappa shape index (κ2) is 6.72. The van der Waals surface area contributed by atoms with E-state index in [1.165, 1.54) is 0 Å². The summed E-state index contributed by atoms with van der Waals surface area (Å²) in [6, 6.07) is 0.355. The molecule has 3 N–H and O–H groups in total. The molecule has 2 heterocycles. The van der Waals surface area contributed by atoms with E-state index in [-0.39, 0.29) is 42.1 Å². The molecule has 2 amide bonds. The first-order chi connectivity index (χ1) is 11.1. The number of anilines is 1. The van der Waals surface area contributed by atoms with Crippen LogP contribution < -0.4 is 16.0 Å². The molecule has 1 unspecified atom stereocenters. The molecule has 3 aliphatic rings. The lowest BCUT2D eigenvalue weighted by molar-refractivity contribution is -0.122. The molecule has 1 aromatic rings. The lowest BCUT2D eigenvalue weighted by Gasteiger charge is -2.23. The summed E-state index contributed by atoms with van der Waals surface area (Å²) in [4.78, 5) is 24.1. The Morgan fingerprint density at radius 2 is 2.08 bits per heavy atom. The molecule has 0 bridgehead atoms. The summed E-state index contributed by atoms with van der Waals surface area (Å²) in [5.41, 5.74) is 0.903. The van der Waals surface area contributed by atoms with E-state index in [2.05, 4.69) is 21.0 Å². The molecule has 1 atom stereocenters. The van der Waals surface area contributed by atoms with Crippen LogP contribution in [-0.4, -0.2) is 40.7 Å². The zero-order valence-corrected chi connectivity index (χ0v) is 14.4. The van der Waals surface area contributed by atoms with Gasteiger partial charge in [-0.3, -0.25) is 14.3 Å². The van der Waals surface area contributed by atoms with E-state index in [0.29, 0.717) is 11.7 Å². The molecule has 1 saturated heterocycles. The zero-order chi connectivity index (χ0) is 15.9. The van der Waals surface area contributed by atoms with Crippen molar-refractivity contribution in [1.29, 1.82) is 0 Å². The van der Waals surface area contributed by atoms with Crippen LogP contribution in [0.4, 0.5) is 5.69 Å². The third-order valence-corrected chi connectivity index (χ3v) is 5.25. The number of nitrogens with zero attached hydrogens (tertiary/aromatic N) is 2. The highest BCUT2D eigenvalue weighted by Gasteiger charge is 2.57. The standard InChI is InChI=1S/C16H23N5O2.ClH/c22-14(19-11-1-2-11)10-21-9-12(8-18-21)20-15(23)13-7-16(13)3-5-17-6-4-16;/h8-9,11,13,17H,1-7,10H2,(H,19,22)(H,20,23);1H. The van der Waals surface area contributed by atoms with E-state index in [1.54, 1.807) is 17.1 Å². The van der Waals surface area contributed by atoms with Crippen LogP contribution in [0.25, 0.3) is 0 Å². The van der Waals surface area contributed by atoms with Gasteiger partial charge in [-0.1, -0.05) is 0 Å². The molecular weight excluding hydrogens is 330 g/mol. The molecule has 2 aliphatic carbocycles. The molecule has 132 valence electrons. The largest absolute Gasteiger partial charge is 0.352 e. The lowest BCUT2D eigenvalue weighted by atomic mass is 9.92. The van der Waals surface area contributed by atoms with Crippen LogP contribution in [0.2, 0.25) is 0 Å². The molecule has 1 aromatic heterocycles. The second-order valence-electron chi connectivity index (χ2n) is 7.13. The molecule has 2 saturated carbocycles. The van der Waals surface area contributed by atoms with Crippen molar-refractivity contribution in [2.24, 2.45) is 11.3 Å². The van der Waals surface area contributed by atoms with Crippen molar-refractivity contribution in [1.82, 2.24) is 20.4 Å². The van der Waals surface area contributed by atoms with Crippen molar-refractivity contribution < 1.29 is 9.59 Å². The van der Waals surface area contributed by atoms with E-state index in [1.807, 2.05) is 0 Å². The molecule has 0 aromatic carbocycles. The maximum atomic E-state index is 12.4. The third kappa shape index (κ3) is 3.72. The normalized spacial score (nSPS) is 24.1. The van der Waals surface area contributed by atoms with Gasteiger partial charge >= 0.3 is 0 Å². The van der Waals surface area contributed by atoms with Crippen molar-refractivity contribution in [3.8, 4) is 0 Å². The maximum Gasteiger partial charge on any atom is 0.241 e. The molecule has 7 nitrogen and oxygen atoms in total. The average Bonchev–Trinajstić information content (AvgIpc) is 3.42. The summed E-state index contributed by atoms with van der Waals surface area (Å²) in [6.07, 6.45) is 8.66. The SMILES string of the molecule is Cl.O=C(Cn1cc(NC(=O)C2CC23CCNCC3)cn1)NC1CC1. The number of aromatic nitrogens is 2. The number of halogens is 1. The summed E-state index contributed by atoms with van der Waals surface area (Å²) in [6.45, 7) is 2.22. The summed E-state index contributed by atoms with van der Waals surface area (Å²) >= 11 is 0. The highest BCUT2D eigenvalue weighted by Crippen LogP contribution is 2.58. The first-order valence-corrected chi connectivity index (χ1v) is 8.48. The van der Waals surface area contributed by atoms with Crippen LogP contribution in [0.1, 0.15) is 32.1 Å². The van der Waals surface area contributed by atoms with Crippen molar-refractivity contribution in [2.45, 2.75) is 44.7 Å². The Morgan fingerprint density at radius 1 is 1.33 bits per heavy atom. The van der Waals surface area contributed by atoms with Crippen LogP contribution >= 0.6 is 12.4 Å². The first-order valence-electron chi connectivity index (χ1n) is 8.48. The Kier molecular flexibility index (Phi) is 4.83. The molecule has 0 radical (unpaired) electrons. The number of nitrogens with one attached hydrogen (secondary N) is 3. The fourth-order valence-electron chi connectivity index (χ4n) is 3.59. The Balaban J connectivity index is 0.00000169. The molecule has 1 spiro atoms. The van der Waals surface area contributed by atoms with Gasteiger partial charge in [0.1, 0.15) is 6.54 Å². The fraction of sp³-hybridized carbons (Fsp3) is 0.688. The zero-order valence-electron chi connectivity index (χ0n) is 13.6. The van der Waals surface area contributed by atoms with Gasteiger partial charge in [0, 0.05) is 18.2 Å². The number of carbonyl (C=O) groups excluding carboxylic acids is 2. The molecule has 24 heavy (non-hydrogen) atoms. The Hall–Kier alpha value is -1.60. The minimum absolute atomic E-state index is 0. The van der Waals surface area contributed by atoms with Gasteiger partial charge in [-0.15, -0.1) is 12.4 Å². The first kappa shape index (κ1) is 17.2. The molecule has 3 fully saturated rings. The Morgan fingerprint density at radius 3 is 2.79 bits per heavy atom. The number of piperidine rings is 1. The van der Waals surface area contributed by atoms with Gasteiger partial charge < -0.3 is 16.0 Å². The molecular formula is C16H24ClN5O2. The van der Waals surface area contributed by atoms with Gasteiger partial charge in [0.2, 0.25) is 11.8 Å². The fourth-order valence-corrected chi connectivity index (χ4v) is 3.59. The van der Waals surface area contributed by atoms with Gasteiger partial charge in [-0.25, -0.2) is 0 Å². The maximum absolute atomic E-state index is 12.4. The number of rotatable bonds is 5. The van der Waals surface area contributed by atoms with Crippen LogP contribution in [-0.2, 0) is 16.1 Å². The number of carbonyl (C=O) groups is 2. The number of hydrogen-bond donors (Lipinski definition) is 3. The topological polar surface area (TPSA) is 88.1 Å². The number of hydrogen-bond acceptors (Lipinski definition) is 4. The van der Waals surface area contributed by atoms with E-state index in [0.717, 1.165) is 45.2 Å². The predicted molar refractivity (Wildman–Crippen MR) is 91.9 cm³/mol. The van der Waals surface area contributed by atoms with Gasteiger partial charge in [0.25, 0.3) is 0 Å². The summed E-state index contributed by atoms with van der Waals surface area (Å²) < 4.78 is 1.57. The van der Waals surface area contributed by atoms with Gasteiger partial charge in [0.05, 0.1) is 11.9 Å². The minimum atomic E-state index is -0.0238. The second-order valence-corrected chi connectivity index (χ2v) is 7.13. The minimum Gasteiger partial charge on any atom is -0.352 e. The van der Waals surface area contributed by atoms with Crippen molar-refractivity contribution in [3.63, 3.8) is 0 Å². The summed E-state index contributed by atoms with van der Waals surface area (Å²) in [7, 11) is 0. The van der Waals surface area contributed by atoms with Crippen LogP contribution in [0.3, 0.4) is 0 Å². The summed E-state index contributed by atoms with van der Waals surface area (Å²) in [5.74, 6) is 0.198. The van der Waals surface area contributed by atoms with Crippen molar-refractivity contribution in [3.05, 3.63) is 12.4 Å². The monoisotopic (exact) mass is 353 g/mol. The van der Waals surface area contributed by atoms with Crippen LogP contribution in [0.5, 0.6) is 0 Å². The van der Waals surface area contributed by atoms with Gasteiger partial charge in [-0.2, -0.15) is 5.10 Å². The van der Waals surface area contributed by atoms with Gasteiger partial charge in [0.15, 0.2) is 0 Å². The van der Waals surface area contributed by atoms with Crippen molar-refractivity contribution in [2.75, 3.05) is 18.4 Å². The highest BCUT2D eigenvalue weighted by molar-refractivity contribution is 5.95. The third-order valence-electron chi connectivity index (χ3n) is 5.25. The van der Waals surface area contributed by atoms with E-state index in [9.17, 15) is 9.59 Å². The Bertz CT molecular complexity index is 622. The average molecular weight is 354 g/mol. The van der Waals surface area contributed by atoms with Crippen LogP contribution in [0.15, 0.2) is 12.4 Å². The van der Waals surface area contributed by atoms with Crippen molar-refractivity contribution >= 4 is 29.9 Å². The smallest absolute Gasteiger partial charge is 0.241 e. The molecule has 4 rings (SSSR count). The Labute approximate surface area is 147 Å². The summed E-state index contributed by atoms with van der Waals surface area (Å²) in [5, 5.41) is 13.4. The highest BCUT2D eigenvalue weighted by atomic mass is 35.5. The molecule has 1 aliphatic heterocycles. The van der Waals surface area contributed by atoms with Crippen LogP contribution in [0, 0.1) is 11.3 Å². The van der Waals surface area contributed by atoms with E-state index < -0.39 is 0 Å². The molecule has 8 heteroatoms. The van der Waals surface area contributed by atoms with Gasteiger partial charge in [-0.05, 0) is 50.6 Å².